The Labute approximate surface area is 189 Å². The van der Waals surface area contributed by atoms with Crippen LogP contribution in [0.1, 0.15) is 24.8 Å². The van der Waals surface area contributed by atoms with Crippen LogP contribution in [0.25, 0.3) is 0 Å². The third kappa shape index (κ3) is 3.85. The molecule has 0 spiro atoms. The lowest BCUT2D eigenvalue weighted by Gasteiger charge is -2.42. The first-order valence-corrected chi connectivity index (χ1v) is 11.3. The van der Waals surface area contributed by atoms with Gasteiger partial charge in [-0.25, -0.2) is 0 Å². The van der Waals surface area contributed by atoms with Gasteiger partial charge in [-0.1, -0.05) is 41.0 Å². The zero-order valence-electron chi connectivity index (χ0n) is 16.3. The van der Waals surface area contributed by atoms with Crippen LogP contribution in [0, 0.1) is 11.3 Å². The van der Waals surface area contributed by atoms with Gasteiger partial charge in [0, 0.05) is 28.1 Å². The molecule has 0 aromatic heterocycles. The van der Waals surface area contributed by atoms with Gasteiger partial charge in [0.25, 0.3) is 0 Å². The van der Waals surface area contributed by atoms with Gasteiger partial charge >= 0.3 is 0 Å². The average molecular weight is 460 g/mol. The number of anilines is 1. The third-order valence-electron chi connectivity index (χ3n) is 5.15. The van der Waals surface area contributed by atoms with Gasteiger partial charge in [-0.3, -0.25) is 9.69 Å². The second-order valence-corrected chi connectivity index (χ2v) is 8.67. The molecule has 0 saturated carbocycles. The first kappa shape index (κ1) is 20.9. The molecule has 4 rings (SSSR count). The summed E-state index contributed by atoms with van der Waals surface area (Å²) in [7, 11) is 0. The lowest BCUT2D eigenvalue weighted by Crippen LogP contribution is -2.47. The van der Waals surface area contributed by atoms with E-state index in [1.807, 2.05) is 31.2 Å². The van der Waals surface area contributed by atoms with Gasteiger partial charge in [0.1, 0.15) is 5.75 Å². The number of benzene rings is 2. The second kappa shape index (κ2) is 8.81. The highest BCUT2D eigenvalue weighted by Crippen LogP contribution is 2.46. The van der Waals surface area contributed by atoms with E-state index in [0.29, 0.717) is 45.4 Å². The molecule has 0 unspecified atom stereocenters. The third-order valence-corrected chi connectivity index (χ3v) is 6.97. The molecule has 2 aromatic carbocycles. The van der Waals surface area contributed by atoms with Crippen LogP contribution in [0.3, 0.4) is 0 Å². The zero-order valence-corrected chi connectivity index (χ0v) is 18.6. The van der Waals surface area contributed by atoms with Crippen LogP contribution in [0.2, 0.25) is 10.0 Å². The van der Waals surface area contributed by atoms with Crippen LogP contribution in [0.15, 0.2) is 53.1 Å². The molecule has 0 aliphatic carbocycles. The maximum absolute atomic E-state index is 13.0. The van der Waals surface area contributed by atoms with Crippen molar-refractivity contribution in [3.63, 3.8) is 0 Å². The van der Waals surface area contributed by atoms with Crippen molar-refractivity contribution in [2.24, 2.45) is 0 Å². The van der Waals surface area contributed by atoms with Gasteiger partial charge in [0.05, 0.1) is 35.8 Å². The predicted octanol–water partition coefficient (Wildman–Crippen LogP) is 5.61. The molecule has 0 bridgehead atoms. The molecule has 5 nitrogen and oxygen atoms in total. The molecule has 2 aliphatic rings. The molecule has 154 valence electrons. The fraction of sp³-hybridized carbons (Fsp3) is 0.273. The van der Waals surface area contributed by atoms with Crippen molar-refractivity contribution in [1.82, 2.24) is 4.90 Å². The van der Waals surface area contributed by atoms with Crippen molar-refractivity contribution < 1.29 is 9.53 Å². The summed E-state index contributed by atoms with van der Waals surface area (Å²) in [4.78, 5) is 16.8. The molecule has 2 heterocycles. The molecule has 1 atom stereocenters. The molecule has 8 heteroatoms. The monoisotopic (exact) mass is 459 g/mol. The van der Waals surface area contributed by atoms with E-state index in [9.17, 15) is 10.1 Å². The number of fused-ring (bicyclic) bond motifs is 1. The Morgan fingerprint density at radius 1 is 1.20 bits per heavy atom. The van der Waals surface area contributed by atoms with Crippen LogP contribution in [-0.2, 0) is 4.79 Å². The summed E-state index contributed by atoms with van der Waals surface area (Å²) < 4.78 is 5.50. The number of carbonyl (C=O) groups is 1. The lowest BCUT2D eigenvalue weighted by atomic mass is 9.86. The van der Waals surface area contributed by atoms with E-state index in [1.54, 1.807) is 23.1 Å². The molecule has 1 amide bonds. The molecule has 1 saturated heterocycles. The topological polar surface area (TPSA) is 56.6 Å². The fourth-order valence-electron chi connectivity index (χ4n) is 3.74. The van der Waals surface area contributed by atoms with Crippen molar-refractivity contribution in [3.8, 4) is 11.8 Å². The van der Waals surface area contributed by atoms with E-state index in [1.165, 1.54) is 11.8 Å². The Morgan fingerprint density at radius 3 is 2.53 bits per heavy atom. The van der Waals surface area contributed by atoms with Crippen LogP contribution >= 0.6 is 35.0 Å². The summed E-state index contributed by atoms with van der Waals surface area (Å²) >= 11 is 14.2. The van der Waals surface area contributed by atoms with Crippen LogP contribution in [0.5, 0.6) is 5.75 Å². The van der Waals surface area contributed by atoms with Crippen LogP contribution in [0.4, 0.5) is 5.69 Å². The average Bonchev–Trinajstić information content (AvgIpc) is 2.74. The highest BCUT2D eigenvalue weighted by Gasteiger charge is 2.39. The molecule has 30 heavy (non-hydrogen) atoms. The van der Waals surface area contributed by atoms with E-state index in [2.05, 4.69) is 11.0 Å². The smallest absolute Gasteiger partial charge is 0.229 e. The Hall–Kier alpha value is -2.33. The van der Waals surface area contributed by atoms with Crippen LogP contribution in [-0.4, -0.2) is 30.0 Å². The number of amides is 1. The van der Waals surface area contributed by atoms with Crippen molar-refractivity contribution in [2.75, 3.05) is 24.1 Å². The molecule has 1 fully saturated rings. The minimum absolute atomic E-state index is 0.0480. The highest BCUT2D eigenvalue weighted by molar-refractivity contribution is 8.03. The molecule has 2 aromatic rings. The normalized spacial score (nSPS) is 18.9. The quantitative estimate of drug-likeness (QED) is 0.594. The number of nitriles is 1. The first-order valence-electron chi connectivity index (χ1n) is 9.52. The standard InChI is InChI=1S/C22H19Cl2N3O2S/c1-2-29-15-8-6-14(7-9-15)26-12-27-20(28)10-16(17(11-25)22(27)30-13-26)21-18(23)4-3-5-19(21)24/h3-9,16H,2,10,12-13H2,1H3/t16-/m1/s1. The second-order valence-electron chi connectivity index (χ2n) is 6.93. The van der Waals surface area contributed by atoms with E-state index in [4.69, 9.17) is 27.9 Å². The summed E-state index contributed by atoms with van der Waals surface area (Å²) in [6.45, 7) is 2.95. The summed E-state index contributed by atoms with van der Waals surface area (Å²) in [6, 6.07) is 15.3. The van der Waals surface area contributed by atoms with Gasteiger partial charge in [-0.2, -0.15) is 5.26 Å². The number of rotatable bonds is 4. The molecule has 0 radical (unpaired) electrons. The largest absolute Gasteiger partial charge is 0.494 e. The number of carbonyl (C=O) groups excluding carboxylic acids is 1. The van der Waals surface area contributed by atoms with Gasteiger partial charge in [-0.15, -0.1) is 0 Å². The number of hydrogen-bond donors (Lipinski definition) is 0. The van der Waals surface area contributed by atoms with Gasteiger partial charge in [0.2, 0.25) is 5.91 Å². The van der Waals surface area contributed by atoms with Crippen molar-refractivity contribution in [1.29, 1.82) is 5.26 Å². The number of hydrogen-bond acceptors (Lipinski definition) is 5. The molecule has 0 N–H and O–H groups in total. The number of thioether (sulfide) groups is 1. The lowest BCUT2D eigenvalue weighted by molar-refractivity contribution is -0.129. The predicted molar refractivity (Wildman–Crippen MR) is 121 cm³/mol. The van der Waals surface area contributed by atoms with Gasteiger partial charge < -0.3 is 9.64 Å². The van der Waals surface area contributed by atoms with E-state index < -0.39 is 5.92 Å². The van der Waals surface area contributed by atoms with E-state index in [0.717, 1.165) is 11.4 Å². The summed E-state index contributed by atoms with van der Waals surface area (Å²) in [5, 5.41) is 11.6. The van der Waals surface area contributed by atoms with Crippen molar-refractivity contribution in [3.05, 3.63) is 68.7 Å². The molecular formula is C22H19Cl2N3O2S. The number of ether oxygens (including phenoxy) is 1. The van der Waals surface area contributed by atoms with E-state index in [-0.39, 0.29) is 12.3 Å². The van der Waals surface area contributed by atoms with Gasteiger partial charge in [-0.05, 0) is 48.9 Å². The Kier molecular flexibility index (Phi) is 6.14. The minimum Gasteiger partial charge on any atom is -0.494 e. The first-order chi connectivity index (χ1) is 14.5. The highest BCUT2D eigenvalue weighted by atomic mass is 35.5. The minimum atomic E-state index is -0.431. The Morgan fingerprint density at radius 2 is 1.90 bits per heavy atom. The van der Waals surface area contributed by atoms with Crippen molar-refractivity contribution in [2.45, 2.75) is 19.3 Å². The maximum Gasteiger partial charge on any atom is 0.229 e. The molecular weight excluding hydrogens is 441 g/mol. The summed E-state index contributed by atoms with van der Waals surface area (Å²) in [5.41, 5.74) is 2.18. The SMILES string of the molecule is CCOc1ccc(N2CSC3=C(C#N)[C@H](c4c(Cl)cccc4Cl)CC(=O)N3C2)cc1. The Balaban J connectivity index is 1.64. The van der Waals surface area contributed by atoms with E-state index >= 15 is 0 Å². The maximum atomic E-state index is 13.0. The van der Waals surface area contributed by atoms with Crippen molar-refractivity contribution >= 4 is 46.6 Å². The van der Waals surface area contributed by atoms with Gasteiger partial charge in [0.15, 0.2) is 0 Å². The number of allylic oxidation sites excluding steroid dienone is 1. The fourth-order valence-corrected chi connectivity index (χ4v) is 5.56. The number of halogens is 2. The summed E-state index contributed by atoms with van der Waals surface area (Å²) in [6.07, 6.45) is 0.160. The Bertz CT molecular complexity index is 1030. The van der Waals surface area contributed by atoms with Crippen LogP contribution < -0.4 is 9.64 Å². The number of nitrogens with zero attached hydrogens (tertiary/aromatic N) is 3. The molecule has 2 aliphatic heterocycles. The summed E-state index contributed by atoms with van der Waals surface area (Å²) in [5.74, 6) is 0.959. The zero-order chi connectivity index (χ0) is 21.3.